The Morgan fingerprint density at radius 3 is 1.44 bits per heavy atom. The van der Waals surface area contributed by atoms with Gasteiger partial charge in [-0.25, -0.2) is 28.7 Å². The number of pyridine rings is 2. The number of hydrogen-bond acceptors (Lipinski definition) is 9. The van der Waals surface area contributed by atoms with Gasteiger partial charge in [0.25, 0.3) is 0 Å². The second kappa shape index (κ2) is 14.8. The van der Waals surface area contributed by atoms with Crippen LogP contribution in [0.1, 0.15) is 0 Å². The molecule has 0 aliphatic rings. The van der Waals surface area contributed by atoms with E-state index in [0.29, 0.717) is 21.9 Å². The summed E-state index contributed by atoms with van der Waals surface area (Å²) >= 11 is 3.24. The largest absolute Gasteiger partial charge is 0.396 e. The SMILES string of the molecule is CNc1nc(-c2cccnc2)nc2ccc(-c3ccc(F)c(Br)c3)cc12.CNc1nc(-c2cccnc2)nc2ccc(-c3ccc(F)c(N)c3)cc12. The molecule has 0 aliphatic heterocycles. The van der Waals surface area contributed by atoms with Gasteiger partial charge in [0.15, 0.2) is 11.6 Å². The number of nitrogen functional groups attached to an aromatic ring is 1. The molecule has 0 saturated carbocycles. The Morgan fingerprint density at radius 1 is 0.538 bits per heavy atom. The average Bonchev–Trinajstić information content (AvgIpc) is 3.19. The van der Waals surface area contributed by atoms with E-state index >= 15 is 0 Å². The van der Waals surface area contributed by atoms with Gasteiger partial charge in [-0.3, -0.25) is 9.97 Å². The summed E-state index contributed by atoms with van der Waals surface area (Å²) in [7, 11) is 3.65. The number of nitrogens with two attached hydrogens (primary N) is 1. The van der Waals surface area contributed by atoms with Gasteiger partial charge < -0.3 is 16.4 Å². The molecular weight excluding hydrogens is 724 g/mol. The quantitative estimate of drug-likeness (QED) is 0.142. The Bertz CT molecular complexity index is 2380. The molecule has 4 aromatic heterocycles. The first-order valence-corrected chi connectivity index (χ1v) is 16.9. The van der Waals surface area contributed by atoms with E-state index in [4.69, 9.17) is 5.73 Å². The number of benzene rings is 4. The first-order valence-electron chi connectivity index (χ1n) is 16.1. The minimum Gasteiger partial charge on any atom is -0.396 e. The van der Waals surface area contributed by atoms with E-state index < -0.39 is 5.82 Å². The van der Waals surface area contributed by atoms with E-state index in [9.17, 15) is 8.78 Å². The van der Waals surface area contributed by atoms with Crippen LogP contribution in [0, 0.1) is 11.6 Å². The number of fused-ring (bicyclic) bond motifs is 2. The summed E-state index contributed by atoms with van der Waals surface area (Å²) in [5, 5.41) is 8.04. The number of nitrogens with one attached hydrogen (secondary N) is 2. The van der Waals surface area contributed by atoms with Gasteiger partial charge in [-0.05, 0) is 111 Å². The van der Waals surface area contributed by atoms with Crippen LogP contribution in [0.2, 0.25) is 0 Å². The minimum atomic E-state index is -0.421. The van der Waals surface area contributed by atoms with Gasteiger partial charge in [0.2, 0.25) is 0 Å². The highest BCUT2D eigenvalue weighted by molar-refractivity contribution is 9.10. The molecule has 52 heavy (non-hydrogen) atoms. The van der Waals surface area contributed by atoms with Gasteiger partial charge in [0.1, 0.15) is 23.3 Å². The maximum absolute atomic E-state index is 13.5. The number of hydrogen-bond donors (Lipinski definition) is 3. The zero-order valence-corrected chi connectivity index (χ0v) is 29.5. The second-order valence-corrected chi connectivity index (χ2v) is 12.5. The third-order valence-electron chi connectivity index (χ3n) is 8.29. The summed E-state index contributed by atoms with van der Waals surface area (Å²) in [4.78, 5) is 26.8. The van der Waals surface area contributed by atoms with Crippen LogP contribution in [0.4, 0.5) is 26.1 Å². The van der Waals surface area contributed by atoms with Crippen LogP contribution in [-0.2, 0) is 0 Å². The molecule has 8 rings (SSSR count). The van der Waals surface area contributed by atoms with E-state index in [1.807, 2.05) is 74.8 Å². The smallest absolute Gasteiger partial charge is 0.163 e. The molecule has 0 radical (unpaired) electrons. The number of halogens is 3. The molecule has 0 atom stereocenters. The van der Waals surface area contributed by atoms with Gasteiger partial charge in [-0.15, -0.1) is 0 Å². The zero-order valence-electron chi connectivity index (χ0n) is 27.9. The Labute approximate surface area is 306 Å². The summed E-state index contributed by atoms with van der Waals surface area (Å²) in [6.07, 6.45) is 6.90. The van der Waals surface area contributed by atoms with Crippen molar-refractivity contribution in [2.24, 2.45) is 0 Å². The summed E-state index contributed by atoms with van der Waals surface area (Å²) in [5.41, 5.74) is 12.8. The summed E-state index contributed by atoms with van der Waals surface area (Å²) in [6.45, 7) is 0. The Morgan fingerprint density at radius 2 is 1.00 bits per heavy atom. The van der Waals surface area contributed by atoms with Crippen LogP contribution in [0.15, 0.2) is 126 Å². The third-order valence-corrected chi connectivity index (χ3v) is 8.89. The van der Waals surface area contributed by atoms with Crippen molar-refractivity contribution in [1.29, 1.82) is 0 Å². The van der Waals surface area contributed by atoms with Gasteiger partial charge in [-0.1, -0.05) is 24.3 Å². The van der Waals surface area contributed by atoms with Crippen LogP contribution in [0.3, 0.4) is 0 Å². The fourth-order valence-electron chi connectivity index (χ4n) is 5.64. The molecule has 0 bridgehead atoms. The molecule has 0 aliphatic carbocycles. The fourth-order valence-corrected chi connectivity index (χ4v) is 6.02. The highest BCUT2D eigenvalue weighted by Crippen LogP contribution is 2.32. The lowest BCUT2D eigenvalue weighted by Gasteiger charge is -2.10. The molecule has 4 aromatic carbocycles. The van der Waals surface area contributed by atoms with E-state index in [1.54, 1.807) is 49.1 Å². The maximum atomic E-state index is 13.5. The van der Waals surface area contributed by atoms with Crippen molar-refractivity contribution in [2.45, 2.75) is 0 Å². The fraction of sp³-hybridized carbons (Fsp3) is 0.0500. The molecule has 0 fully saturated rings. The van der Waals surface area contributed by atoms with Gasteiger partial charge in [-0.2, -0.15) is 0 Å². The van der Waals surface area contributed by atoms with E-state index in [0.717, 1.165) is 61.0 Å². The highest BCUT2D eigenvalue weighted by atomic mass is 79.9. The number of aromatic nitrogens is 6. The van der Waals surface area contributed by atoms with Crippen LogP contribution in [0.25, 0.3) is 66.8 Å². The molecule has 0 spiro atoms. The van der Waals surface area contributed by atoms with Crippen molar-refractivity contribution in [3.63, 3.8) is 0 Å². The van der Waals surface area contributed by atoms with Crippen molar-refractivity contribution < 1.29 is 8.78 Å². The molecular formula is C40H30BrF2N9. The first kappa shape index (κ1) is 34.1. The van der Waals surface area contributed by atoms with Crippen LogP contribution in [-0.4, -0.2) is 44.0 Å². The van der Waals surface area contributed by atoms with Gasteiger partial charge in [0.05, 0.1) is 21.2 Å². The normalized spacial score (nSPS) is 10.9. The lowest BCUT2D eigenvalue weighted by Crippen LogP contribution is -1.99. The van der Waals surface area contributed by atoms with Crippen LogP contribution < -0.4 is 16.4 Å². The van der Waals surface area contributed by atoms with E-state index in [-0.39, 0.29) is 11.5 Å². The van der Waals surface area contributed by atoms with E-state index in [2.05, 4.69) is 56.5 Å². The number of anilines is 3. The highest BCUT2D eigenvalue weighted by Gasteiger charge is 2.13. The molecule has 9 nitrogen and oxygen atoms in total. The minimum absolute atomic E-state index is 0.125. The standard InChI is InChI=1S/C20H14BrFN4.C20H16FN5/c1-23-20-15-9-12(13-4-6-17(22)16(21)10-13)5-7-18(15)25-19(26-20)14-3-2-8-24-11-14;1-23-20-15-9-12(13-4-6-16(21)17(22)10-13)5-7-18(15)25-19(26-20)14-3-2-8-24-11-14/h2-11H,1H3,(H,23,25,26);2-11H,22H2,1H3,(H,23,25,26). The molecule has 256 valence electrons. The lowest BCUT2D eigenvalue weighted by atomic mass is 10.0. The Balaban J connectivity index is 0.000000162. The number of nitrogens with zero attached hydrogens (tertiary/aromatic N) is 6. The van der Waals surface area contributed by atoms with Crippen molar-refractivity contribution in [1.82, 2.24) is 29.9 Å². The van der Waals surface area contributed by atoms with Crippen molar-refractivity contribution in [2.75, 3.05) is 30.5 Å². The summed E-state index contributed by atoms with van der Waals surface area (Å²) in [6, 6.07) is 29.0. The average molecular weight is 755 g/mol. The molecule has 8 aromatic rings. The topological polar surface area (TPSA) is 127 Å². The molecule has 0 saturated heterocycles. The lowest BCUT2D eigenvalue weighted by molar-refractivity contribution is 0.621. The third kappa shape index (κ3) is 7.10. The molecule has 0 unspecified atom stereocenters. The Hall–Kier alpha value is -6.40. The van der Waals surface area contributed by atoms with Crippen molar-refractivity contribution in [3.05, 3.63) is 138 Å². The molecule has 12 heteroatoms. The maximum Gasteiger partial charge on any atom is 0.163 e. The summed E-state index contributed by atoms with van der Waals surface area (Å²) < 4.78 is 27.4. The van der Waals surface area contributed by atoms with Gasteiger partial charge >= 0.3 is 0 Å². The number of rotatable bonds is 6. The van der Waals surface area contributed by atoms with Crippen molar-refractivity contribution in [3.8, 4) is 45.0 Å². The van der Waals surface area contributed by atoms with Crippen LogP contribution >= 0.6 is 15.9 Å². The zero-order chi connectivity index (χ0) is 36.2. The Kier molecular flexibility index (Phi) is 9.72. The van der Waals surface area contributed by atoms with Crippen molar-refractivity contribution >= 4 is 55.1 Å². The molecule has 4 N–H and O–H groups in total. The van der Waals surface area contributed by atoms with E-state index in [1.165, 1.54) is 12.1 Å². The molecule has 0 amide bonds. The second-order valence-electron chi connectivity index (χ2n) is 11.6. The predicted octanol–water partition coefficient (Wildman–Crippen LogP) is 9.42. The first-order chi connectivity index (χ1) is 25.3. The van der Waals surface area contributed by atoms with Gasteiger partial charge in [0, 0.05) is 60.8 Å². The monoisotopic (exact) mass is 753 g/mol. The van der Waals surface area contributed by atoms with Crippen LogP contribution in [0.5, 0.6) is 0 Å². The predicted molar refractivity (Wildman–Crippen MR) is 208 cm³/mol. The summed E-state index contributed by atoms with van der Waals surface area (Å²) in [5.74, 6) is 1.97. The molecule has 4 heterocycles.